The molecular weight excluding hydrogens is 745 g/mol. The van der Waals surface area contributed by atoms with E-state index in [0.29, 0.717) is 19.3 Å². The summed E-state index contributed by atoms with van der Waals surface area (Å²) in [5, 5.41) is 0. The number of hydrogen-bond donors (Lipinski definition) is 0. The molecule has 0 saturated heterocycles. The van der Waals surface area contributed by atoms with Crippen molar-refractivity contribution in [1.82, 2.24) is 0 Å². The molecule has 0 aromatic carbocycles. The van der Waals surface area contributed by atoms with Crippen LogP contribution in [0.3, 0.4) is 0 Å². The van der Waals surface area contributed by atoms with E-state index in [2.05, 4.69) is 34.6 Å². The minimum Gasteiger partial charge on any atom is -0.462 e. The molecule has 0 aliphatic rings. The third-order valence-corrected chi connectivity index (χ3v) is 12.6. The highest BCUT2D eigenvalue weighted by atomic mass is 16.6. The molecule has 2 atom stereocenters. The largest absolute Gasteiger partial charge is 0.462 e. The summed E-state index contributed by atoms with van der Waals surface area (Å²) >= 11 is 0. The molecule has 60 heavy (non-hydrogen) atoms. The lowest BCUT2D eigenvalue weighted by Crippen LogP contribution is -2.30. The predicted octanol–water partition coefficient (Wildman–Crippen LogP) is 17.3. The molecule has 0 bridgehead atoms. The summed E-state index contributed by atoms with van der Waals surface area (Å²) in [5.41, 5.74) is 0. The SMILES string of the molecule is CCCCCCCCCCCCCCCCCCC(=O)OC[C@H](COC(=O)CCCCCCCCCCCC(C)C)OC(=O)CCCCCCCCCCCCC(C)CC. The second kappa shape index (κ2) is 46.9. The number of hydrogen-bond acceptors (Lipinski definition) is 6. The van der Waals surface area contributed by atoms with Crippen molar-refractivity contribution in [3.8, 4) is 0 Å². The van der Waals surface area contributed by atoms with E-state index in [9.17, 15) is 14.4 Å². The molecule has 0 heterocycles. The molecule has 0 spiro atoms. The molecule has 0 rings (SSSR count). The first kappa shape index (κ1) is 58.4. The minimum atomic E-state index is -0.762. The molecule has 0 aromatic heterocycles. The zero-order valence-corrected chi connectivity index (χ0v) is 41.1. The maximum absolute atomic E-state index is 12.8. The van der Waals surface area contributed by atoms with Crippen LogP contribution in [-0.4, -0.2) is 37.2 Å². The highest BCUT2D eigenvalue weighted by Gasteiger charge is 2.19. The Hall–Kier alpha value is -1.59. The first-order chi connectivity index (χ1) is 29.3. The molecule has 356 valence electrons. The minimum absolute atomic E-state index is 0.0637. The second-order valence-electron chi connectivity index (χ2n) is 19.2. The van der Waals surface area contributed by atoms with Gasteiger partial charge in [-0.05, 0) is 31.1 Å². The van der Waals surface area contributed by atoms with Gasteiger partial charge in [0.2, 0.25) is 0 Å². The summed E-state index contributed by atoms with van der Waals surface area (Å²) in [6.45, 7) is 11.4. The molecule has 0 aliphatic heterocycles. The van der Waals surface area contributed by atoms with Gasteiger partial charge >= 0.3 is 17.9 Å². The number of esters is 3. The molecule has 0 aliphatic carbocycles. The fraction of sp³-hybridized carbons (Fsp3) is 0.944. The van der Waals surface area contributed by atoms with E-state index in [1.54, 1.807) is 0 Å². The number of carbonyl (C=O) groups is 3. The van der Waals surface area contributed by atoms with Crippen molar-refractivity contribution in [1.29, 1.82) is 0 Å². The smallest absolute Gasteiger partial charge is 0.306 e. The first-order valence-electron chi connectivity index (χ1n) is 26.8. The Balaban J connectivity index is 4.31. The highest BCUT2D eigenvalue weighted by molar-refractivity contribution is 5.71. The molecule has 0 amide bonds. The maximum Gasteiger partial charge on any atom is 0.306 e. The summed E-state index contributed by atoms with van der Waals surface area (Å²) in [4.78, 5) is 38.0. The quantitative estimate of drug-likeness (QED) is 0.0345. The Labute approximate surface area is 374 Å². The van der Waals surface area contributed by atoms with Gasteiger partial charge in [0.05, 0.1) is 0 Å². The molecule has 0 saturated carbocycles. The Kier molecular flexibility index (Phi) is 45.7. The van der Waals surface area contributed by atoms with Crippen LogP contribution in [-0.2, 0) is 28.6 Å². The highest BCUT2D eigenvalue weighted by Crippen LogP contribution is 2.18. The summed E-state index contributed by atoms with van der Waals surface area (Å²) < 4.78 is 16.8. The summed E-state index contributed by atoms with van der Waals surface area (Å²) in [7, 11) is 0. The van der Waals surface area contributed by atoms with Crippen LogP contribution in [0.25, 0.3) is 0 Å². The van der Waals surface area contributed by atoms with Gasteiger partial charge in [-0.1, -0.05) is 259 Å². The van der Waals surface area contributed by atoms with Gasteiger partial charge in [-0.15, -0.1) is 0 Å². The van der Waals surface area contributed by atoms with Crippen molar-refractivity contribution in [2.75, 3.05) is 13.2 Å². The van der Waals surface area contributed by atoms with Gasteiger partial charge < -0.3 is 14.2 Å². The fourth-order valence-corrected chi connectivity index (χ4v) is 8.13. The van der Waals surface area contributed by atoms with Crippen LogP contribution < -0.4 is 0 Å². The van der Waals surface area contributed by atoms with Gasteiger partial charge in [0.15, 0.2) is 6.10 Å². The number of unbranched alkanes of at least 4 members (excludes halogenated alkanes) is 32. The first-order valence-corrected chi connectivity index (χ1v) is 26.8. The average molecular weight is 849 g/mol. The van der Waals surface area contributed by atoms with E-state index in [4.69, 9.17) is 14.2 Å². The van der Waals surface area contributed by atoms with Gasteiger partial charge in [0, 0.05) is 19.3 Å². The van der Waals surface area contributed by atoms with Crippen LogP contribution in [0, 0.1) is 11.8 Å². The van der Waals surface area contributed by atoms with Crippen LogP contribution in [0.5, 0.6) is 0 Å². The van der Waals surface area contributed by atoms with E-state index >= 15 is 0 Å². The number of rotatable bonds is 48. The van der Waals surface area contributed by atoms with E-state index in [-0.39, 0.29) is 31.1 Å². The Morgan fingerprint density at radius 1 is 0.350 bits per heavy atom. The van der Waals surface area contributed by atoms with Gasteiger partial charge in [-0.2, -0.15) is 0 Å². The van der Waals surface area contributed by atoms with Crippen molar-refractivity contribution in [2.45, 2.75) is 304 Å². The van der Waals surface area contributed by atoms with E-state index < -0.39 is 6.10 Å². The molecule has 0 radical (unpaired) electrons. The van der Waals surface area contributed by atoms with Gasteiger partial charge in [0.25, 0.3) is 0 Å². The van der Waals surface area contributed by atoms with Crippen molar-refractivity contribution in [3.05, 3.63) is 0 Å². The number of ether oxygens (including phenoxy) is 3. The summed E-state index contributed by atoms with van der Waals surface area (Å²) in [5.74, 6) is 0.829. The standard InChI is InChI=1S/C54H104O6/c1-6-8-9-10-11-12-13-14-15-16-17-18-24-29-34-39-44-52(55)58-47-51(48-59-53(56)45-40-35-30-26-21-22-27-32-37-42-49(3)4)60-54(57)46-41-36-31-25-20-19-23-28-33-38-43-50(5)7-2/h49-51H,6-48H2,1-5H3/t50?,51-/m1/s1. The molecule has 0 aromatic rings. The third kappa shape index (κ3) is 45.9. The Morgan fingerprint density at radius 2 is 0.633 bits per heavy atom. The van der Waals surface area contributed by atoms with Crippen LogP contribution in [0.2, 0.25) is 0 Å². The van der Waals surface area contributed by atoms with Gasteiger partial charge in [-0.25, -0.2) is 0 Å². The molecule has 6 nitrogen and oxygen atoms in total. The molecule has 0 fully saturated rings. The van der Waals surface area contributed by atoms with Crippen LogP contribution in [0.4, 0.5) is 0 Å². The van der Waals surface area contributed by atoms with Crippen molar-refractivity contribution in [2.24, 2.45) is 11.8 Å². The number of carbonyl (C=O) groups excluding carboxylic acids is 3. The van der Waals surface area contributed by atoms with Crippen LogP contribution >= 0.6 is 0 Å². The van der Waals surface area contributed by atoms with E-state index in [1.165, 1.54) is 186 Å². The fourth-order valence-electron chi connectivity index (χ4n) is 8.13. The monoisotopic (exact) mass is 849 g/mol. The second-order valence-corrected chi connectivity index (χ2v) is 19.2. The van der Waals surface area contributed by atoms with E-state index in [0.717, 1.165) is 69.6 Å². The Bertz CT molecular complexity index is 918. The maximum atomic E-state index is 12.8. The lowest BCUT2D eigenvalue weighted by Gasteiger charge is -2.18. The third-order valence-electron chi connectivity index (χ3n) is 12.6. The molecule has 1 unspecified atom stereocenters. The summed E-state index contributed by atoms with van der Waals surface area (Å²) in [6, 6.07) is 0. The van der Waals surface area contributed by atoms with Crippen LogP contribution in [0.15, 0.2) is 0 Å². The van der Waals surface area contributed by atoms with Crippen molar-refractivity contribution < 1.29 is 28.6 Å². The summed E-state index contributed by atoms with van der Waals surface area (Å²) in [6.07, 6.45) is 48.0. The normalized spacial score (nSPS) is 12.5. The van der Waals surface area contributed by atoms with Crippen molar-refractivity contribution in [3.63, 3.8) is 0 Å². The molecule has 6 heteroatoms. The zero-order valence-electron chi connectivity index (χ0n) is 41.1. The topological polar surface area (TPSA) is 78.9 Å². The lowest BCUT2D eigenvalue weighted by molar-refractivity contribution is -0.167. The Morgan fingerprint density at radius 3 is 0.950 bits per heavy atom. The van der Waals surface area contributed by atoms with Gasteiger partial charge in [0.1, 0.15) is 13.2 Å². The average Bonchev–Trinajstić information content (AvgIpc) is 3.23. The van der Waals surface area contributed by atoms with E-state index in [1.807, 2.05) is 0 Å². The molecular formula is C54H104O6. The lowest BCUT2D eigenvalue weighted by atomic mass is 9.99. The predicted molar refractivity (Wildman–Crippen MR) is 256 cm³/mol. The zero-order chi connectivity index (χ0) is 44.0. The van der Waals surface area contributed by atoms with Crippen LogP contribution in [0.1, 0.15) is 298 Å². The molecule has 0 N–H and O–H groups in total. The van der Waals surface area contributed by atoms with Crippen molar-refractivity contribution >= 4 is 17.9 Å². The van der Waals surface area contributed by atoms with Gasteiger partial charge in [-0.3, -0.25) is 14.4 Å².